The van der Waals surface area contributed by atoms with Crippen molar-refractivity contribution >= 4 is 10.8 Å². The molecule has 0 spiro atoms. The molecule has 0 saturated carbocycles. The molecular weight excluding hydrogens is 317 g/mol. The van der Waals surface area contributed by atoms with Gasteiger partial charge in [-0.2, -0.15) is 14.9 Å². The molecule has 116 valence electrons. The summed E-state index contributed by atoms with van der Waals surface area (Å²) in [4.78, 5) is 0. The lowest BCUT2D eigenvalue weighted by Gasteiger charge is -2.12. The molecule has 0 amide bonds. The fraction of sp³-hybridized carbons (Fsp3) is 0. The Morgan fingerprint density at radius 2 is 1.38 bits per heavy atom. The predicted molar refractivity (Wildman–Crippen MR) is 79.8 cm³/mol. The van der Waals surface area contributed by atoms with Gasteiger partial charge in [0.05, 0.1) is 0 Å². The van der Waals surface area contributed by atoms with Crippen molar-refractivity contribution in [2.75, 3.05) is 0 Å². The maximum atomic E-state index is 14.3. The molecule has 0 bridgehead atoms. The SMILES string of the molecule is N#Cc1c(F)c(F)c(Oc2cccc3ccccc23)c(F)c1C#N. The molecule has 0 fully saturated rings. The molecule has 3 nitrogen and oxygen atoms in total. The summed E-state index contributed by atoms with van der Waals surface area (Å²) in [5.41, 5.74) is -1.88. The number of rotatable bonds is 2. The Hall–Kier alpha value is -3.51. The van der Waals surface area contributed by atoms with Crippen molar-refractivity contribution in [3.63, 3.8) is 0 Å². The van der Waals surface area contributed by atoms with Gasteiger partial charge in [0.2, 0.25) is 11.6 Å². The first kappa shape index (κ1) is 15.4. The summed E-state index contributed by atoms with van der Waals surface area (Å²) in [5.74, 6) is -5.65. The second kappa shape index (κ2) is 5.94. The summed E-state index contributed by atoms with van der Waals surface area (Å²) >= 11 is 0. The molecule has 0 atom stereocenters. The highest BCUT2D eigenvalue weighted by atomic mass is 19.2. The average Bonchev–Trinajstić information content (AvgIpc) is 2.61. The third-order valence-electron chi connectivity index (χ3n) is 3.47. The number of hydrogen-bond donors (Lipinski definition) is 0. The van der Waals surface area contributed by atoms with E-state index in [0.29, 0.717) is 5.39 Å². The minimum atomic E-state index is -1.66. The van der Waals surface area contributed by atoms with E-state index in [1.165, 1.54) is 18.2 Å². The van der Waals surface area contributed by atoms with Crippen LogP contribution in [0.5, 0.6) is 11.5 Å². The Balaban J connectivity index is 2.23. The van der Waals surface area contributed by atoms with E-state index in [4.69, 9.17) is 15.3 Å². The number of halogens is 3. The summed E-state index contributed by atoms with van der Waals surface area (Å²) in [6, 6.07) is 14.4. The fourth-order valence-corrected chi connectivity index (χ4v) is 2.33. The van der Waals surface area contributed by atoms with Crippen molar-refractivity contribution in [2.45, 2.75) is 0 Å². The van der Waals surface area contributed by atoms with Crippen molar-refractivity contribution in [2.24, 2.45) is 0 Å². The smallest absolute Gasteiger partial charge is 0.205 e. The van der Waals surface area contributed by atoms with Gasteiger partial charge in [0, 0.05) is 5.39 Å². The summed E-state index contributed by atoms with van der Waals surface area (Å²) < 4.78 is 47.6. The molecule has 0 aliphatic carbocycles. The van der Waals surface area contributed by atoms with Gasteiger partial charge in [-0.3, -0.25) is 0 Å². The van der Waals surface area contributed by atoms with Crippen LogP contribution >= 0.6 is 0 Å². The summed E-state index contributed by atoms with van der Waals surface area (Å²) in [6.07, 6.45) is 0. The number of nitrogens with zero attached hydrogens (tertiary/aromatic N) is 2. The summed E-state index contributed by atoms with van der Waals surface area (Å²) in [7, 11) is 0. The van der Waals surface area contributed by atoms with Crippen LogP contribution in [0.1, 0.15) is 11.1 Å². The molecule has 0 aliphatic rings. The van der Waals surface area contributed by atoms with Crippen LogP contribution in [-0.2, 0) is 0 Å². The fourth-order valence-electron chi connectivity index (χ4n) is 2.33. The highest BCUT2D eigenvalue weighted by Gasteiger charge is 2.27. The van der Waals surface area contributed by atoms with Crippen LogP contribution in [0.4, 0.5) is 13.2 Å². The van der Waals surface area contributed by atoms with Crippen molar-refractivity contribution in [1.82, 2.24) is 0 Å². The monoisotopic (exact) mass is 324 g/mol. The van der Waals surface area contributed by atoms with Gasteiger partial charge in [0.15, 0.2) is 11.6 Å². The Morgan fingerprint density at radius 1 is 0.750 bits per heavy atom. The summed E-state index contributed by atoms with van der Waals surface area (Å²) in [6.45, 7) is 0. The average molecular weight is 324 g/mol. The zero-order chi connectivity index (χ0) is 17.3. The molecule has 0 heterocycles. The van der Waals surface area contributed by atoms with Gasteiger partial charge in [-0.15, -0.1) is 0 Å². The first-order valence-electron chi connectivity index (χ1n) is 6.74. The van der Waals surface area contributed by atoms with E-state index in [1.54, 1.807) is 36.4 Å². The van der Waals surface area contributed by atoms with Crippen LogP contribution in [0.2, 0.25) is 0 Å². The lowest BCUT2D eigenvalue weighted by atomic mass is 10.1. The Bertz CT molecular complexity index is 1040. The molecule has 6 heteroatoms. The van der Waals surface area contributed by atoms with Crippen LogP contribution in [0.25, 0.3) is 10.8 Å². The first-order valence-corrected chi connectivity index (χ1v) is 6.74. The van der Waals surface area contributed by atoms with Gasteiger partial charge in [0.1, 0.15) is 29.0 Å². The lowest BCUT2D eigenvalue weighted by Crippen LogP contribution is -2.04. The molecular formula is C18H7F3N2O. The van der Waals surface area contributed by atoms with Crippen molar-refractivity contribution in [3.05, 3.63) is 71.0 Å². The summed E-state index contributed by atoms with van der Waals surface area (Å²) in [5, 5.41) is 19.0. The molecule has 3 aromatic rings. The highest BCUT2D eigenvalue weighted by Crippen LogP contribution is 2.36. The maximum Gasteiger partial charge on any atom is 0.205 e. The van der Waals surface area contributed by atoms with Gasteiger partial charge in [-0.05, 0) is 11.5 Å². The number of nitriles is 2. The number of hydrogen-bond acceptors (Lipinski definition) is 3. The van der Waals surface area contributed by atoms with E-state index in [9.17, 15) is 13.2 Å². The third-order valence-corrected chi connectivity index (χ3v) is 3.47. The van der Waals surface area contributed by atoms with Gasteiger partial charge < -0.3 is 4.74 Å². The molecule has 0 radical (unpaired) electrons. The first-order chi connectivity index (χ1) is 11.6. The Kier molecular flexibility index (Phi) is 3.81. The van der Waals surface area contributed by atoms with E-state index >= 15 is 0 Å². The second-order valence-corrected chi connectivity index (χ2v) is 4.82. The molecule has 0 aromatic heterocycles. The molecule has 0 aliphatic heterocycles. The van der Waals surface area contributed by atoms with E-state index in [-0.39, 0.29) is 5.75 Å². The molecule has 0 N–H and O–H groups in total. The Labute approximate surface area is 134 Å². The van der Waals surface area contributed by atoms with E-state index in [1.807, 2.05) is 0 Å². The zero-order valence-electron chi connectivity index (χ0n) is 12.0. The van der Waals surface area contributed by atoms with Crippen LogP contribution in [0, 0.1) is 40.1 Å². The van der Waals surface area contributed by atoms with E-state index < -0.39 is 34.3 Å². The van der Waals surface area contributed by atoms with Crippen LogP contribution < -0.4 is 4.74 Å². The normalized spacial score (nSPS) is 10.2. The quantitative estimate of drug-likeness (QED) is 0.637. The topological polar surface area (TPSA) is 56.8 Å². The van der Waals surface area contributed by atoms with Gasteiger partial charge in [-0.1, -0.05) is 36.4 Å². The number of fused-ring (bicyclic) bond motifs is 1. The number of ether oxygens (including phenoxy) is 1. The van der Waals surface area contributed by atoms with E-state index in [0.717, 1.165) is 5.39 Å². The van der Waals surface area contributed by atoms with Crippen molar-refractivity contribution in [3.8, 4) is 23.6 Å². The van der Waals surface area contributed by atoms with Gasteiger partial charge in [-0.25, -0.2) is 8.78 Å². The highest BCUT2D eigenvalue weighted by molar-refractivity contribution is 5.88. The van der Waals surface area contributed by atoms with E-state index in [2.05, 4.69) is 0 Å². The molecule has 3 rings (SSSR count). The molecule has 3 aromatic carbocycles. The standard InChI is InChI=1S/C18H7F3N2O/c19-15-12(8-22)13(9-23)16(20)18(17(15)21)24-14-7-3-5-10-4-1-2-6-11(10)14/h1-7H. The van der Waals surface area contributed by atoms with Crippen molar-refractivity contribution in [1.29, 1.82) is 10.5 Å². The number of benzene rings is 3. The van der Waals surface area contributed by atoms with Crippen LogP contribution in [-0.4, -0.2) is 0 Å². The van der Waals surface area contributed by atoms with Crippen molar-refractivity contribution < 1.29 is 17.9 Å². The third kappa shape index (κ3) is 2.31. The largest absolute Gasteiger partial charge is 0.450 e. The Morgan fingerprint density at radius 3 is 2.08 bits per heavy atom. The van der Waals surface area contributed by atoms with Gasteiger partial charge in [0.25, 0.3) is 0 Å². The molecule has 0 unspecified atom stereocenters. The molecule has 0 saturated heterocycles. The zero-order valence-corrected chi connectivity index (χ0v) is 12.0. The predicted octanol–water partition coefficient (Wildman–Crippen LogP) is 4.79. The second-order valence-electron chi connectivity index (χ2n) is 4.82. The maximum absolute atomic E-state index is 14.3. The minimum absolute atomic E-state index is 0.0962. The lowest BCUT2D eigenvalue weighted by molar-refractivity contribution is 0.387. The van der Waals surface area contributed by atoms with Gasteiger partial charge >= 0.3 is 0 Å². The van der Waals surface area contributed by atoms with Crippen LogP contribution in [0.3, 0.4) is 0 Å². The van der Waals surface area contributed by atoms with Crippen LogP contribution in [0.15, 0.2) is 42.5 Å². The minimum Gasteiger partial charge on any atom is -0.450 e. The molecule has 24 heavy (non-hydrogen) atoms.